The highest BCUT2D eigenvalue weighted by Gasteiger charge is 2.17. The second-order valence-electron chi connectivity index (χ2n) is 5.75. The van der Waals surface area contributed by atoms with Gasteiger partial charge in [0.15, 0.2) is 11.5 Å². The minimum Gasteiger partial charge on any atom is -0.496 e. The van der Waals surface area contributed by atoms with Gasteiger partial charge in [0.2, 0.25) is 5.91 Å². The van der Waals surface area contributed by atoms with Crippen LogP contribution in [-0.2, 0) is 11.3 Å². The monoisotopic (exact) mass is 406 g/mol. The summed E-state index contributed by atoms with van der Waals surface area (Å²) in [7, 11) is 4.62. The molecule has 8 nitrogen and oxygen atoms in total. The topological polar surface area (TPSA) is 99.9 Å². The number of carbonyl (C=O) groups is 1. The Morgan fingerprint density at radius 1 is 1.07 bits per heavy atom. The number of hydrogen-bond acceptors (Lipinski definition) is 7. The van der Waals surface area contributed by atoms with Crippen molar-refractivity contribution in [2.24, 2.45) is 0 Å². The summed E-state index contributed by atoms with van der Waals surface area (Å²) < 4.78 is 15.9. The minimum absolute atomic E-state index is 0.0157. The predicted octanol–water partition coefficient (Wildman–Crippen LogP) is 3.42. The standard InChI is InChI=1S/C19H22N2O6S/c1-12(28-15-7-5-14(6-8-15)21(23)24)19(22)20-11-13-9-17(26-3)18(27-4)10-16(13)25-2/h5-10,12H,11H2,1-4H3,(H,20,22)/t12-/m0/s1. The van der Waals surface area contributed by atoms with Crippen LogP contribution in [0.2, 0.25) is 0 Å². The Balaban J connectivity index is 2.01. The van der Waals surface area contributed by atoms with Crippen molar-refractivity contribution in [2.45, 2.75) is 23.6 Å². The van der Waals surface area contributed by atoms with Crippen LogP contribution in [0.5, 0.6) is 17.2 Å². The second kappa shape index (κ2) is 9.84. The molecule has 2 aromatic carbocycles. The van der Waals surface area contributed by atoms with Gasteiger partial charge in [0.05, 0.1) is 31.5 Å². The molecule has 0 saturated carbocycles. The third-order valence-electron chi connectivity index (χ3n) is 3.97. The fraction of sp³-hybridized carbons (Fsp3) is 0.316. The van der Waals surface area contributed by atoms with Gasteiger partial charge in [0.25, 0.3) is 5.69 Å². The summed E-state index contributed by atoms with van der Waals surface area (Å²) in [5.41, 5.74) is 0.767. The maximum atomic E-state index is 12.4. The smallest absolute Gasteiger partial charge is 0.269 e. The van der Waals surface area contributed by atoms with Gasteiger partial charge >= 0.3 is 0 Å². The number of nitrogens with zero attached hydrogens (tertiary/aromatic N) is 1. The first-order valence-electron chi connectivity index (χ1n) is 8.37. The molecule has 2 aromatic rings. The highest BCUT2D eigenvalue weighted by molar-refractivity contribution is 8.00. The number of nitro benzene ring substituents is 1. The Hall–Kier alpha value is -2.94. The van der Waals surface area contributed by atoms with E-state index >= 15 is 0 Å². The average Bonchev–Trinajstić information content (AvgIpc) is 2.71. The first kappa shape index (κ1) is 21.4. The maximum Gasteiger partial charge on any atom is 0.269 e. The van der Waals surface area contributed by atoms with Gasteiger partial charge < -0.3 is 19.5 Å². The molecule has 2 rings (SSSR count). The number of thioether (sulfide) groups is 1. The molecule has 0 fully saturated rings. The number of nitro groups is 1. The van der Waals surface area contributed by atoms with E-state index in [0.29, 0.717) is 17.2 Å². The number of carbonyl (C=O) groups excluding carboxylic acids is 1. The van der Waals surface area contributed by atoms with Crippen LogP contribution in [0.1, 0.15) is 12.5 Å². The number of ether oxygens (including phenoxy) is 3. The summed E-state index contributed by atoms with van der Waals surface area (Å²) in [5, 5.41) is 13.2. The zero-order valence-electron chi connectivity index (χ0n) is 16.1. The Kier molecular flexibility index (Phi) is 7.51. The molecule has 0 saturated heterocycles. The normalized spacial score (nSPS) is 11.4. The lowest BCUT2D eigenvalue weighted by molar-refractivity contribution is -0.384. The molecule has 0 bridgehead atoms. The molecule has 0 aliphatic heterocycles. The van der Waals surface area contributed by atoms with E-state index in [0.717, 1.165) is 10.5 Å². The van der Waals surface area contributed by atoms with E-state index in [4.69, 9.17) is 14.2 Å². The highest BCUT2D eigenvalue weighted by Crippen LogP contribution is 2.34. The van der Waals surface area contributed by atoms with Crippen LogP contribution < -0.4 is 19.5 Å². The van der Waals surface area contributed by atoms with Crippen molar-refractivity contribution >= 4 is 23.4 Å². The number of benzene rings is 2. The Morgan fingerprint density at radius 2 is 1.64 bits per heavy atom. The molecule has 0 radical (unpaired) electrons. The predicted molar refractivity (Wildman–Crippen MR) is 106 cm³/mol. The van der Waals surface area contributed by atoms with E-state index in [-0.39, 0.29) is 23.4 Å². The van der Waals surface area contributed by atoms with E-state index in [1.54, 1.807) is 38.3 Å². The van der Waals surface area contributed by atoms with Crippen molar-refractivity contribution < 1.29 is 23.9 Å². The van der Waals surface area contributed by atoms with Crippen molar-refractivity contribution in [3.05, 3.63) is 52.1 Å². The van der Waals surface area contributed by atoms with Crippen LogP contribution in [0.4, 0.5) is 5.69 Å². The van der Waals surface area contributed by atoms with E-state index in [1.165, 1.54) is 38.1 Å². The molecule has 1 amide bonds. The molecule has 0 aliphatic rings. The van der Waals surface area contributed by atoms with E-state index in [9.17, 15) is 14.9 Å². The van der Waals surface area contributed by atoms with Crippen LogP contribution >= 0.6 is 11.8 Å². The number of methoxy groups -OCH3 is 3. The summed E-state index contributed by atoms with van der Waals surface area (Å²) in [6.45, 7) is 2.03. The summed E-state index contributed by atoms with van der Waals surface area (Å²) in [4.78, 5) is 23.5. The second-order valence-corrected chi connectivity index (χ2v) is 7.16. The molecule has 150 valence electrons. The van der Waals surface area contributed by atoms with Crippen LogP contribution in [0.3, 0.4) is 0 Å². The molecule has 0 unspecified atom stereocenters. The van der Waals surface area contributed by atoms with Gasteiger partial charge in [-0.1, -0.05) is 0 Å². The van der Waals surface area contributed by atoms with Gasteiger partial charge in [0, 0.05) is 35.2 Å². The zero-order chi connectivity index (χ0) is 20.7. The quantitative estimate of drug-likeness (QED) is 0.387. The van der Waals surface area contributed by atoms with Crippen LogP contribution in [0.25, 0.3) is 0 Å². The van der Waals surface area contributed by atoms with Gasteiger partial charge in [-0.3, -0.25) is 14.9 Å². The fourth-order valence-corrected chi connectivity index (χ4v) is 3.35. The number of amides is 1. The SMILES string of the molecule is COc1cc(OC)c(OC)cc1CNC(=O)[C@H](C)Sc1ccc([N+](=O)[O-])cc1. The summed E-state index contributed by atoms with van der Waals surface area (Å²) in [6.07, 6.45) is 0. The molecule has 1 atom stereocenters. The first-order chi connectivity index (χ1) is 13.4. The number of non-ortho nitro benzene ring substituents is 1. The van der Waals surface area contributed by atoms with E-state index in [2.05, 4.69) is 5.32 Å². The van der Waals surface area contributed by atoms with Crippen molar-refractivity contribution in [3.8, 4) is 17.2 Å². The highest BCUT2D eigenvalue weighted by atomic mass is 32.2. The lowest BCUT2D eigenvalue weighted by Gasteiger charge is -2.16. The summed E-state index contributed by atoms with van der Waals surface area (Å²) in [5.74, 6) is 1.49. The fourth-order valence-electron chi connectivity index (χ4n) is 2.46. The third-order valence-corrected chi connectivity index (χ3v) is 5.08. The summed E-state index contributed by atoms with van der Waals surface area (Å²) in [6, 6.07) is 9.55. The van der Waals surface area contributed by atoms with Crippen LogP contribution in [-0.4, -0.2) is 37.4 Å². The Labute approximate surface area is 167 Å². The molecule has 0 aromatic heterocycles. The van der Waals surface area contributed by atoms with Crippen molar-refractivity contribution in [1.82, 2.24) is 5.32 Å². The molecular weight excluding hydrogens is 384 g/mol. The van der Waals surface area contributed by atoms with E-state index < -0.39 is 4.92 Å². The number of rotatable bonds is 9. The Bertz CT molecular complexity index is 841. The molecule has 0 aliphatic carbocycles. The van der Waals surface area contributed by atoms with Gasteiger partial charge in [-0.05, 0) is 25.1 Å². The summed E-state index contributed by atoms with van der Waals surface area (Å²) >= 11 is 1.32. The lowest BCUT2D eigenvalue weighted by atomic mass is 10.1. The molecule has 1 N–H and O–H groups in total. The van der Waals surface area contributed by atoms with Gasteiger partial charge in [0.1, 0.15) is 5.75 Å². The average molecular weight is 406 g/mol. The molecular formula is C19H22N2O6S. The lowest BCUT2D eigenvalue weighted by Crippen LogP contribution is -2.30. The number of hydrogen-bond donors (Lipinski definition) is 1. The van der Waals surface area contributed by atoms with Gasteiger partial charge in [-0.15, -0.1) is 11.8 Å². The molecule has 0 heterocycles. The molecule has 9 heteroatoms. The molecule has 0 spiro atoms. The van der Waals surface area contributed by atoms with Crippen LogP contribution in [0, 0.1) is 10.1 Å². The largest absolute Gasteiger partial charge is 0.496 e. The molecule has 28 heavy (non-hydrogen) atoms. The Morgan fingerprint density at radius 3 is 2.18 bits per heavy atom. The minimum atomic E-state index is -0.457. The van der Waals surface area contributed by atoms with Crippen molar-refractivity contribution in [2.75, 3.05) is 21.3 Å². The first-order valence-corrected chi connectivity index (χ1v) is 9.25. The maximum absolute atomic E-state index is 12.4. The van der Waals surface area contributed by atoms with Gasteiger partial charge in [-0.25, -0.2) is 0 Å². The van der Waals surface area contributed by atoms with Crippen LogP contribution in [0.15, 0.2) is 41.3 Å². The zero-order valence-corrected chi connectivity index (χ0v) is 16.9. The van der Waals surface area contributed by atoms with E-state index in [1.807, 2.05) is 0 Å². The third kappa shape index (κ3) is 5.29. The van der Waals surface area contributed by atoms with Crippen molar-refractivity contribution in [1.29, 1.82) is 0 Å². The van der Waals surface area contributed by atoms with Gasteiger partial charge in [-0.2, -0.15) is 0 Å². The van der Waals surface area contributed by atoms with Crippen molar-refractivity contribution in [3.63, 3.8) is 0 Å². The number of nitrogens with one attached hydrogen (secondary N) is 1.